The SMILES string of the molecule is CNC(Cc1cccs1)C1OCCc2ccccc21. The predicted octanol–water partition coefficient (Wildman–Crippen LogP) is 3.19. The smallest absolute Gasteiger partial charge is 0.0984 e. The van der Waals surface area contributed by atoms with E-state index in [0.717, 1.165) is 19.4 Å². The van der Waals surface area contributed by atoms with Gasteiger partial charge in [0.15, 0.2) is 0 Å². The van der Waals surface area contributed by atoms with Gasteiger partial charge >= 0.3 is 0 Å². The number of likely N-dealkylation sites (N-methyl/N-ethyl adjacent to an activating group) is 1. The largest absolute Gasteiger partial charge is 0.372 e. The van der Waals surface area contributed by atoms with Crippen molar-refractivity contribution in [3.05, 3.63) is 57.8 Å². The van der Waals surface area contributed by atoms with Crippen LogP contribution in [0.5, 0.6) is 0 Å². The van der Waals surface area contributed by atoms with Crippen molar-refractivity contribution in [2.75, 3.05) is 13.7 Å². The Morgan fingerprint density at radius 2 is 2.21 bits per heavy atom. The van der Waals surface area contributed by atoms with Gasteiger partial charge < -0.3 is 10.1 Å². The summed E-state index contributed by atoms with van der Waals surface area (Å²) in [5.41, 5.74) is 2.79. The van der Waals surface area contributed by atoms with Gasteiger partial charge in [0.25, 0.3) is 0 Å². The second kappa shape index (κ2) is 5.87. The Labute approximate surface area is 118 Å². The fraction of sp³-hybridized carbons (Fsp3) is 0.375. The molecule has 0 amide bonds. The fourth-order valence-electron chi connectivity index (χ4n) is 2.76. The molecule has 0 saturated carbocycles. The number of hydrogen-bond acceptors (Lipinski definition) is 3. The van der Waals surface area contributed by atoms with Crippen LogP contribution in [0.15, 0.2) is 41.8 Å². The van der Waals surface area contributed by atoms with Gasteiger partial charge in [-0.1, -0.05) is 30.3 Å². The quantitative estimate of drug-likeness (QED) is 0.923. The van der Waals surface area contributed by atoms with Crippen LogP contribution in [0.4, 0.5) is 0 Å². The molecule has 1 aliphatic heterocycles. The van der Waals surface area contributed by atoms with E-state index in [4.69, 9.17) is 4.74 Å². The Bertz CT molecular complexity index is 523. The molecule has 0 aliphatic carbocycles. The first-order chi connectivity index (χ1) is 9.38. The Hall–Kier alpha value is -1.16. The van der Waals surface area contributed by atoms with Crippen molar-refractivity contribution in [1.82, 2.24) is 5.32 Å². The number of thiophene rings is 1. The Balaban J connectivity index is 1.84. The maximum atomic E-state index is 6.05. The van der Waals surface area contributed by atoms with Gasteiger partial charge in [0, 0.05) is 10.9 Å². The van der Waals surface area contributed by atoms with Crippen LogP contribution in [-0.2, 0) is 17.6 Å². The van der Waals surface area contributed by atoms with E-state index >= 15 is 0 Å². The van der Waals surface area contributed by atoms with E-state index in [1.807, 2.05) is 18.4 Å². The monoisotopic (exact) mass is 273 g/mol. The highest BCUT2D eigenvalue weighted by atomic mass is 32.1. The first-order valence-electron chi connectivity index (χ1n) is 6.77. The molecular formula is C16H19NOS. The summed E-state index contributed by atoms with van der Waals surface area (Å²) in [5, 5.41) is 5.57. The van der Waals surface area contributed by atoms with Gasteiger partial charge in [-0.05, 0) is 42.5 Å². The molecule has 2 nitrogen and oxygen atoms in total. The lowest BCUT2D eigenvalue weighted by molar-refractivity contribution is 0.0174. The van der Waals surface area contributed by atoms with Gasteiger partial charge in [0.05, 0.1) is 12.7 Å². The van der Waals surface area contributed by atoms with Crippen molar-refractivity contribution in [2.45, 2.75) is 25.0 Å². The van der Waals surface area contributed by atoms with Crippen LogP contribution in [0.2, 0.25) is 0 Å². The molecule has 3 heteroatoms. The number of benzene rings is 1. The summed E-state index contributed by atoms with van der Waals surface area (Å²) in [7, 11) is 2.03. The molecule has 1 aromatic heterocycles. The maximum absolute atomic E-state index is 6.05. The van der Waals surface area contributed by atoms with Crippen LogP contribution in [-0.4, -0.2) is 19.7 Å². The minimum Gasteiger partial charge on any atom is -0.372 e. The van der Waals surface area contributed by atoms with Crippen LogP contribution in [0.25, 0.3) is 0 Å². The zero-order valence-electron chi connectivity index (χ0n) is 11.1. The molecule has 2 atom stereocenters. The molecule has 0 bridgehead atoms. The third kappa shape index (κ3) is 2.73. The van der Waals surface area contributed by atoms with Crippen LogP contribution in [0.1, 0.15) is 22.1 Å². The van der Waals surface area contributed by atoms with E-state index in [2.05, 4.69) is 47.1 Å². The molecular weight excluding hydrogens is 254 g/mol. The molecule has 0 fully saturated rings. The van der Waals surface area contributed by atoms with Gasteiger partial charge in [-0.15, -0.1) is 11.3 Å². The standard InChI is InChI=1S/C16H19NOS/c1-17-15(11-13-6-4-10-19-13)16-14-7-3-2-5-12(14)8-9-18-16/h2-7,10,15-17H,8-9,11H2,1H3. The van der Waals surface area contributed by atoms with Crippen molar-refractivity contribution in [1.29, 1.82) is 0 Å². The van der Waals surface area contributed by atoms with Crippen LogP contribution in [0, 0.1) is 0 Å². The summed E-state index contributed by atoms with van der Waals surface area (Å²) in [6.45, 7) is 0.824. The van der Waals surface area contributed by atoms with E-state index in [0.29, 0.717) is 6.04 Å². The number of fused-ring (bicyclic) bond motifs is 1. The fourth-order valence-corrected chi connectivity index (χ4v) is 3.53. The predicted molar refractivity (Wildman–Crippen MR) is 79.7 cm³/mol. The highest BCUT2D eigenvalue weighted by Gasteiger charge is 2.27. The van der Waals surface area contributed by atoms with Gasteiger partial charge in [-0.2, -0.15) is 0 Å². The van der Waals surface area contributed by atoms with Gasteiger partial charge in [-0.3, -0.25) is 0 Å². The first kappa shape index (κ1) is 12.9. The molecule has 0 saturated heterocycles. The second-order valence-electron chi connectivity index (χ2n) is 4.92. The third-order valence-corrected chi connectivity index (χ3v) is 4.67. The zero-order valence-corrected chi connectivity index (χ0v) is 12.0. The molecule has 2 aromatic rings. The Morgan fingerprint density at radius 1 is 1.32 bits per heavy atom. The normalized spacial score (nSPS) is 19.9. The third-order valence-electron chi connectivity index (χ3n) is 3.77. The van der Waals surface area contributed by atoms with Gasteiger partial charge in [0.2, 0.25) is 0 Å². The molecule has 1 aliphatic rings. The number of nitrogens with one attached hydrogen (secondary N) is 1. The number of hydrogen-bond donors (Lipinski definition) is 1. The molecule has 2 heterocycles. The van der Waals surface area contributed by atoms with E-state index in [1.54, 1.807) is 0 Å². The molecule has 2 unspecified atom stereocenters. The van der Waals surface area contributed by atoms with Crippen molar-refractivity contribution in [3.8, 4) is 0 Å². The lowest BCUT2D eigenvalue weighted by Crippen LogP contribution is -2.37. The van der Waals surface area contributed by atoms with E-state index in [9.17, 15) is 0 Å². The molecule has 1 N–H and O–H groups in total. The highest BCUT2D eigenvalue weighted by Crippen LogP contribution is 2.31. The lowest BCUT2D eigenvalue weighted by Gasteiger charge is -2.32. The minimum absolute atomic E-state index is 0.164. The Kier molecular flexibility index (Phi) is 3.97. The number of ether oxygens (including phenoxy) is 1. The molecule has 1 aromatic carbocycles. The van der Waals surface area contributed by atoms with Crippen LogP contribution < -0.4 is 5.32 Å². The summed E-state index contributed by atoms with van der Waals surface area (Å²) in [6.07, 6.45) is 2.21. The average Bonchev–Trinajstić information content (AvgIpc) is 2.97. The molecule has 100 valence electrons. The second-order valence-corrected chi connectivity index (χ2v) is 5.95. The topological polar surface area (TPSA) is 21.3 Å². The van der Waals surface area contributed by atoms with Crippen molar-refractivity contribution in [3.63, 3.8) is 0 Å². The highest BCUT2D eigenvalue weighted by molar-refractivity contribution is 7.09. The molecule has 19 heavy (non-hydrogen) atoms. The number of rotatable bonds is 4. The van der Waals surface area contributed by atoms with Gasteiger partial charge in [0.1, 0.15) is 0 Å². The average molecular weight is 273 g/mol. The summed E-state index contributed by atoms with van der Waals surface area (Å²) in [6, 6.07) is 13.3. The first-order valence-corrected chi connectivity index (χ1v) is 7.65. The maximum Gasteiger partial charge on any atom is 0.0984 e. The van der Waals surface area contributed by atoms with Crippen LogP contribution in [0.3, 0.4) is 0 Å². The lowest BCUT2D eigenvalue weighted by atomic mass is 9.91. The van der Waals surface area contributed by atoms with Crippen molar-refractivity contribution < 1.29 is 4.74 Å². The van der Waals surface area contributed by atoms with Crippen LogP contribution >= 0.6 is 11.3 Å². The Morgan fingerprint density at radius 3 is 3.00 bits per heavy atom. The minimum atomic E-state index is 0.164. The molecule has 0 spiro atoms. The van der Waals surface area contributed by atoms with E-state index in [1.165, 1.54) is 16.0 Å². The van der Waals surface area contributed by atoms with E-state index < -0.39 is 0 Å². The molecule has 0 radical (unpaired) electrons. The summed E-state index contributed by atoms with van der Waals surface area (Å²) in [5.74, 6) is 0. The summed E-state index contributed by atoms with van der Waals surface area (Å²) < 4.78 is 6.05. The van der Waals surface area contributed by atoms with Crippen molar-refractivity contribution >= 4 is 11.3 Å². The van der Waals surface area contributed by atoms with Crippen molar-refractivity contribution in [2.24, 2.45) is 0 Å². The summed E-state index contributed by atoms with van der Waals surface area (Å²) >= 11 is 1.82. The molecule has 3 rings (SSSR count). The van der Waals surface area contributed by atoms with Gasteiger partial charge in [-0.25, -0.2) is 0 Å². The zero-order chi connectivity index (χ0) is 13.1. The van der Waals surface area contributed by atoms with E-state index in [-0.39, 0.29) is 6.10 Å². The summed E-state index contributed by atoms with van der Waals surface area (Å²) in [4.78, 5) is 1.41.